The van der Waals surface area contributed by atoms with Crippen molar-refractivity contribution in [1.29, 1.82) is 0 Å². The Morgan fingerprint density at radius 3 is 1.62 bits per heavy atom. The first-order valence-corrected chi connectivity index (χ1v) is 19.7. The van der Waals surface area contributed by atoms with Gasteiger partial charge in [0.2, 0.25) is 0 Å². The average molecular weight is 739 g/mol. The van der Waals surface area contributed by atoms with Gasteiger partial charge in [0.25, 0.3) is 0 Å². The van der Waals surface area contributed by atoms with Crippen molar-refractivity contribution < 1.29 is 0 Å². The summed E-state index contributed by atoms with van der Waals surface area (Å²) in [6.45, 7) is 0. The van der Waals surface area contributed by atoms with Gasteiger partial charge in [0.1, 0.15) is 5.69 Å². The van der Waals surface area contributed by atoms with Crippen LogP contribution >= 0.6 is 0 Å². The minimum atomic E-state index is 0.812. The van der Waals surface area contributed by atoms with E-state index >= 15 is 0 Å². The highest BCUT2D eigenvalue weighted by Gasteiger charge is 2.21. The molecule has 0 aliphatic carbocycles. The van der Waals surface area contributed by atoms with Gasteiger partial charge in [-0.05, 0) is 93.7 Å². The number of aromatic nitrogens is 4. The third kappa shape index (κ3) is 5.02. The summed E-state index contributed by atoms with van der Waals surface area (Å²) in [5.41, 5.74) is 14.0. The van der Waals surface area contributed by atoms with Crippen molar-refractivity contribution >= 4 is 65.4 Å². The number of fused-ring (bicyclic) bond motifs is 9. The van der Waals surface area contributed by atoms with Crippen LogP contribution in [-0.2, 0) is 0 Å². The molecular formula is C54H34N4. The van der Waals surface area contributed by atoms with Crippen LogP contribution in [-0.4, -0.2) is 19.1 Å². The molecule has 0 atom stereocenters. The standard InChI is InChI=1S/C54H34N4/c1-3-13-35(14-4-1)36-23-25-38(26-24-36)53-54(56-47-21-11-10-20-46(47)55-53)58-48-22-12-9-19-43(48)44-33-39(28-30-49(44)58)40-29-31-50-45(34-40)52-42-18-8-7-15-37(42)27-32-51(52)57(50)41-16-5-2-6-17-41/h1-34H. The van der Waals surface area contributed by atoms with Gasteiger partial charge in [-0.2, -0.15) is 0 Å². The summed E-state index contributed by atoms with van der Waals surface area (Å²) in [5.74, 6) is 0.812. The van der Waals surface area contributed by atoms with Crippen LogP contribution in [0.25, 0.3) is 110 Å². The second-order valence-corrected chi connectivity index (χ2v) is 15.0. The molecule has 12 rings (SSSR count). The fourth-order valence-corrected chi connectivity index (χ4v) is 9.00. The lowest BCUT2D eigenvalue weighted by Crippen LogP contribution is -2.03. The smallest absolute Gasteiger partial charge is 0.165 e. The zero-order valence-corrected chi connectivity index (χ0v) is 31.4. The molecule has 0 fully saturated rings. The molecule has 4 heteroatoms. The van der Waals surface area contributed by atoms with E-state index in [0.29, 0.717) is 0 Å². The Kier molecular flexibility index (Phi) is 7.20. The lowest BCUT2D eigenvalue weighted by molar-refractivity contribution is 1.08. The Balaban J connectivity index is 1.06. The Bertz CT molecular complexity index is 3540. The lowest BCUT2D eigenvalue weighted by atomic mass is 9.99. The molecule has 9 aromatic carbocycles. The van der Waals surface area contributed by atoms with E-state index in [1.807, 2.05) is 24.3 Å². The molecule has 0 saturated carbocycles. The molecule has 0 spiro atoms. The van der Waals surface area contributed by atoms with E-state index < -0.39 is 0 Å². The number of rotatable bonds is 5. The zero-order chi connectivity index (χ0) is 38.2. The average Bonchev–Trinajstić information content (AvgIpc) is 3.81. The Hall–Kier alpha value is -7.82. The number of nitrogens with zero attached hydrogens (tertiary/aromatic N) is 4. The van der Waals surface area contributed by atoms with Gasteiger partial charge in [0.05, 0.1) is 33.1 Å². The summed E-state index contributed by atoms with van der Waals surface area (Å²) < 4.78 is 4.70. The van der Waals surface area contributed by atoms with Crippen LogP contribution in [0.2, 0.25) is 0 Å². The van der Waals surface area contributed by atoms with Crippen molar-refractivity contribution in [3.8, 4) is 45.0 Å². The first-order chi connectivity index (χ1) is 28.8. The SMILES string of the molecule is c1ccc(-c2ccc(-c3nc4ccccc4nc3-n3c4ccccc4c4cc(-c5ccc6c(c5)c5c7ccccc7ccc5n6-c5ccccc5)ccc43)cc2)cc1. The van der Waals surface area contributed by atoms with Crippen molar-refractivity contribution in [2.75, 3.05) is 0 Å². The van der Waals surface area contributed by atoms with Crippen LogP contribution in [0.1, 0.15) is 0 Å². The highest BCUT2D eigenvalue weighted by molar-refractivity contribution is 6.22. The van der Waals surface area contributed by atoms with Crippen molar-refractivity contribution in [2.45, 2.75) is 0 Å². The quantitative estimate of drug-likeness (QED) is 0.176. The monoisotopic (exact) mass is 738 g/mol. The maximum atomic E-state index is 5.37. The number of benzene rings is 9. The van der Waals surface area contributed by atoms with E-state index in [2.05, 4.69) is 191 Å². The summed E-state index contributed by atoms with van der Waals surface area (Å²) in [6.07, 6.45) is 0. The maximum absolute atomic E-state index is 5.37. The van der Waals surface area contributed by atoms with Gasteiger partial charge in [0, 0.05) is 32.8 Å². The van der Waals surface area contributed by atoms with Crippen LogP contribution in [0.4, 0.5) is 0 Å². The minimum Gasteiger partial charge on any atom is -0.309 e. The van der Waals surface area contributed by atoms with E-state index in [9.17, 15) is 0 Å². The predicted molar refractivity (Wildman–Crippen MR) is 242 cm³/mol. The fourth-order valence-electron chi connectivity index (χ4n) is 9.00. The fraction of sp³-hybridized carbons (Fsp3) is 0. The lowest BCUT2D eigenvalue weighted by Gasteiger charge is -2.14. The number of para-hydroxylation sites is 4. The second kappa shape index (κ2) is 12.9. The second-order valence-electron chi connectivity index (χ2n) is 15.0. The van der Waals surface area contributed by atoms with E-state index in [0.717, 1.165) is 44.8 Å². The van der Waals surface area contributed by atoms with Gasteiger partial charge in [0.15, 0.2) is 5.82 Å². The predicted octanol–water partition coefficient (Wildman–Crippen LogP) is 14.0. The van der Waals surface area contributed by atoms with E-state index in [1.54, 1.807) is 0 Å². The zero-order valence-electron chi connectivity index (χ0n) is 31.4. The molecule has 0 aliphatic heterocycles. The molecule has 0 bridgehead atoms. The van der Waals surface area contributed by atoms with Crippen molar-refractivity contribution in [3.05, 3.63) is 206 Å². The van der Waals surface area contributed by atoms with Crippen LogP contribution in [0.3, 0.4) is 0 Å². The molecule has 0 unspecified atom stereocenters. The van der Waals surface area contributed by atoms with Gasteiger partial charge >= 0.3 is 0 Å². The normalized spacial score (nSPS) is 11.8. The minimum absolute atomic E-state index is 0.812. The third-order valence-electron chi connectivity index (χ3n) is 11.7. The topological polar surface area (TPSA) is 35.6 Å². The van der Waals surface area contributed by atoms with Crippen molar-refractivity contribution in [1.82, 2.24) is 19.1 Å². The highest BCUT2D eigenvalue weighted by atomic mass is 15.1. The van der Waals surface area contributed by atoms with E-state index in [1.165, 1.54) is 65.6 Å². The Labute approximate surface area is 334 Å². The Morgan fingerprint density at radius 2 is 0.845 bits per heavy atom. The summed E-state index contributed by atoms with van der Waals surface area (Å²) in [6, 6.07) is 73.8. The third-order valence-corrected chi connectivity index (χ3v) is 11.7. The maximum Gasteiger partial charge on any atom is 0.165 e. The van der Waals surface area contributed by atoms with Gasteiger partial charge in [-0.3, -0.25) is 4.57 Å². The van der Waals surface area contributed by atoms with Crippen LogP contribution < -0.4 is 0 Å². The van der Waals surface area contributed by atoms with E-state index in [4.69, 9.17) is 9.97 Å². The number of hydrogen-bond acceptors (Lipinski definition) is 2. The van der Waals surface area contributed by atoms with Crippen molar-refractivity contribution in [2.24, 2.45) is 0 Å². The molecular weight excluding hydrogens is 705 g/mol. The molecule has 0 saturated heterocycles. The summed E-state index contributed by atoms with van der Waals surface area (Å²) >= 11 is 0. The van der Waals surface area contributed by atoms with Gasteiger partial charge in [-0.15, -0.1) is 0 Å². The molecule has 0 aliphatic rings. The van der Waals surface area contributed by atoms with Crippen LogP contribution in [0.15, 0.2) is 206 Å². The largest absolute Gasteiger partial charge is 0.309 e. The first-order valence-electron chi connectivity index (χ1n) is 19.7. The molecule has 0 amide bonds. The van der Waals surface area contributed by atoms with Gasteiger partial charge in [-0.25, -0.2) is 9.97 Å². The molecule has 0 N–H and O–H groups in total. The van der Waals surface area contributed by atoms with Crippen LogP contribution in [0.5, 0.6) is 0 Å². The highest BCUT2D eigenvalue weighted by Crippen LogP contribution is 2.41. The molecule has 12 aromatic rings. The van der Waals surface area contributed by atoms with Crippen molar-refractivity contribution in [3.63, 3.8) is 0 Å². The van der Waals surface area contributed by atoms with Crippen LogP contribution in [0, 0.1) is 0 Å². The summed E-state index contributed by atoms with van der Waals surface area (Å²) in [5, 5.41) is 7.36. The molecule has 3 aromatic heterocycles. The molecule has 3 heterocycles. The molecule has 0 radical (unpaired) electrons. The first kappa shape index (κ1) is 32.4. The Morgan fingerprint density at radius 1 is 0.310 bits per heavy atom. The molecule has 58 heavy (non-hydrogen) atoms. The summed E-state index contributed by atoms with van der Waals surface area (Å²) in [7, 11) is 0. The summed E-state index contributed by atoms with van der Waals surface area (Å²) in [4.78, 5) is 10.7. The van der Waals surface area contributed by atoms with Gasteiger partial charge in [-0.1, -0.05) is 146 Å². The van der Waals surface area contributed by atoms with E-state index in [-0.39, 0.29) is 0 Å². The molecule has 4 nitrogen and oxygen atoms in total. The molecule has 270 valence electrons. The number of hydrogen-bond donors (Lipinski definition) is 0. The van der Waals surface area contributed by atoms with Gasteiger partial charge < -0.3 is 4.57 Å².